The predicted molar refractivity (Wildman–Crippen MR) is 61.3 cm³/mol. The highest BCUT2D eigenvalue weighted by Crippen LogP contribution is 1.98. The molecule has 0 aliphatic carbocycles. The topological polar surface area (TPSA) is 60.8 Å². The minimum Gasteiger partial charge on any atom is -0.312 e. The summed E-state index contributed by atoms with van der Waals surface area (Å²) in [6.45, 7) is 4.98. The van der Waals surface area contributed by atoms with Gasteiger partial charge in [0.25, 0.3) is 0 Å². The van der Waals surface area contributed by atoms with Gasteiger partial charge in [-0.2, -0.15) is 0 Å². The van der Waals surface area contributed by atoms with E-state index in [1.165, 1.54) is 5.56 Å². The molecule has 15 heavy (non-hydrogen) atoms. The lowest BCUT2D eigenvalue weighted by molar-refractivity contribution is 0.638. The summed E-state index contributed by atoms with van der Waals surface area (Å²) in [4.78, 5) is 2.75. The first kappa shape index (κ1) is 11.3. The smallest absolute Gasteiger partial charge is 0.0677 e. The van der Waals surface area contributed by atoms with Gasteiger partial charge >= 0.3 is 0 Å². The van der Waals surface area contributed by atoms with E-state index in [0.29, 0.717) is 6.54 Å². The average Bonchev–Trinajstić information content (AvgIpc) is 2.29. The fourth-order valence-corrected chi connectivity index (χ4v) is 1.20. The van der Waals surface area contributed by atoms with Crippen molar-refractivity contribution in [2.75, 3.05) is 6.54 Å². The standard InChI is InChI=1S/C11H14N4/c1-2-11(14-15-12)9-13-8-10-6-4-3-5-7-10/h2-7,11,13H,1,8-9H2. The van der Waals surface area contributed by atoms with Crippen molar-refractivity contribution in [2.24, 2.45) is 5.11 Å². The second kappa shape index (κ2) is 6.65. The van der Waals surface area contributed by atoms with Crippen LogP contribution in [0.15, 0.2) is 48.1 Å². The Morgan fingerprint density at radius 2 is 2.20 bits per heavy atom. The molecule has 1 rings (SSSR count). The van der Waals surface area contributed by atoms with Crippen LogP contribution in [0, 0.1) is 0 Å². The first-order chi connectivity index (χ1) is 7.36. The normalized spacial score (nSPS) is 11.5. The molecule has 78 valence electrons. The molecule has 1 aromatic rings. The minimum atomic E-state index is -0.182. The highest BCUT2D eigenvalue weighted by atomic mass is 15.2. The average molecular weight is 202 g/mol. The first-order valence-corrected chi connectivity index (χ1v) is 4.78. The number of rotatable bonds is 6. The van der Waals surface area contributed by atoms with Gasteiger partial charge in [-0.3, -0.25) is 0 Å². The Balaban J connectivity index is 2.32. The van der Waals surface area contributed by atoms with Crippen molar-refractivity contribution in [1.82, 2.24) is 5.32 Å². The van der Waals surface area contributed by atoms with Gasteiger partial charge in [0.05, 0.1) is 6.04 Å². The second-order valence-corrected chi connectivity index (χ2v) is 3.12. The summed E-state index contributed by atoms with van der Waals surface area (Å²) in [5, 5.41) is 6.78. The maximum Gasteiger partial charge on any atom is 0.0677 e. The number of hydrogen-bond donors (Lipinski definition) is 1. The third-order valence-electron chi connectivity index (χ3n) is 2.00. The lowest BCUT2D eigenvalue weighted by Crippen LogP contribution is -2.23. The molecule has 1 aromatic carbocycles. The van der Waals surface area contributed by atoms with Gasteiger partial charge in [0.1, 0.15) is 0 Å². The first-order valence-electron chi connectivity index (χ1n) is 4.78. The predicted octanol–water partition coefficient (Wildman–Crippen LogP) is 2.64. The Labute approximate surface area is 89.3 Å². The number of nitrogens with one attached hydrogen (secondary N) is 1. The van der Waals surface area contributed by atoms with E-state index in [-0.39, 0.29) is 6.04 Å². The van der Waals surface area contributed by atoms with Crippen LogP contribution in [0.2, 0.25) is 0 Å². The lowest BCUT2D eigenvalue weighted by atomic mass is 10.2. The summed E-state index contributed by atoms with van der Waals surface area (Å²) in [5.41, 5.74) is 9.48. The van der Waals surface area contributed by atoms with Crippen molar-refractivity contribution in [1.29, 1.82) is 0 Å². The van der Waals surface area contributed by atoms with Gasteiger partial charge < -0.3 is 5.32 Å². The van der Waals surface area contributed by atoms with E-state index in [4.69, 9.17) is 5.53 Å². The summed E-state index contributed by atoms with van der Waals surface area (Å²) in [7, 11) is 0. The molecule has 0 bridgehead atoms. The molecule has 0 aromatic heterocycles. The number of hydrogen-bond acceptors (Lipinski definition) is 2. The van der Waals surface area contributed by atoms with Crippen LogP contribution < -0.4 is 5.32 Å². The van der Waals surface area contributed by atoms with E-state index in [9.17, 15) is 0 Å². The summed E-state index contributed by atoms with van der Waals surface area (Å²) < 4.78 is 0. The van der Waals surface area contributed by atoms with E-state index >= 15 is 0 Å². The summed E-state index contributed by atoms with van der Waals surface area (Å²) in [6, 6.07) is 9.88. The second-order valence-electron chi connectivity index (χ2n) is 3.12. The van der Waals surface area contributed by atoms with Crippen LogP contribution in [-0.2, 0) is 6.54 Å². The largest absolute Gasteiger partial charge is 0.312 e. The van der Waals surface area contributed by atoms with E-state index in [2.05, 4.69) is 21.9 Å². The van der Waals surface area contributed by atoms with Gasteiger partial charge in [-0.25, -0.2) is 0 Å². The summed E-state index contributed by atoms with van der Waals surface area (Å²) >= 11 is 0. The van der Waals surface area contributed by atoms with Crippen LogP contribution in [-0.4, -0.2) is 12.6 Å². The fraction of sp³-hybridized carbons (Fsp3) is 0.273. The van der Waals surface area contributed by atoms with Gasteiger partial charge in [0, 0.05) is 18.0 Å². The Morgan fingerprint density at radius 3 is 2.80 bits per heavy atom. The molecule has 1 unspecified atom stereocenters. The monoisotopic (exact) mass is 202 g/mol. The highest BCUT2D eigenvalue weighted by molar-refractivity contribution is 5.14. The SMILES string of the molecule is C=CC(CNCc1ccccc1)N=[N+]=[N-]. The maximum absolute atomic E-state index is 8.27. The number of nitrogens with zero attached hydrogens (tertiary/aromatic N) is 3. The van der Waals surface area contributed by atoms with Crippen molar-refractivity contribution in [2.45, 2.75) is 12.6 Å². The Hall–Kier alpha value is -1.77. The van der Waals surface area contributed by atoms with E-state index in [0.717, 1.165) is 6.54 Å². The number of azide groups is 1. The molecule has 4 nitrogen and oxygen atoms in total. The van der Waals surface area contributed by atoms with Gasteiger partial charge in [0.2, 0.25) is 0 Å². The highest BCUT2D eigenvalue weighted by Gasteiger charge is 1.99. The molecule has 0 fully saturated rings. The van der Waals surface area contributed by atoms with Crippen LogP contribution in [0.25, 0.3) is 10.4 Å². The molecule has 0 aliphatic rings. The molecule has 0 radical (unpaired) electrons. The van der Waals surface area contributed by atoms with Gasteiger partial charge in [0.15, 0.2) is 0 Å². The Kier molecular flexibility index (Phi) is 5.01. The van der Waals surface area contributed by atoms with E-state index < -0.39 is 0 Å². The van der Waals surface area contributed by atoms with Crippen LogP contribution in [0.5, 0.6) is 0 Å². The van der Waals surface area contributed by atoms with Gasteiger partial charge in [-0.15, -0.1) is 6.58 Å². The van der Waals surface area contributed by atoms with E-state index in [1.54, 1.807) is 6.08 Å². The van der Waals surface area contributed by atoms with Gasteiger partial charge in [-0.05, 0) is 11.1 Å². The third-order valence-corrected chi connectivity index (χ3v) is 2.00. The zero-order valence-electron chi connectivity index (χ0n) is 8.50. The molecule has 4 heteroatoms. The summed E-state index contributed by atoms with van der Waals surface area (Å²) in [6.07, 6.45) is 1.64. The molecule has 1 atom stereocenters. The molecule has 0 saturated heterocycles. The fourth-order valence-electron chi connectivity index (χ4n) is 1.20. The van der Waals surface area contributed by atoms with Crippen molar-refractivity contribution in [3.63, 3.8) is 0 Å². The molecular formula is C11H14N4. The van der Waals surface area contributed by atoms with Crippen LogP contribution >= 0.6 is 0 Å². The Bertz CT molecular complexity index is 341. The lowest BCUT2D eigenvalue weighted by Gasteiger charge is -2.07. The van der Waals surface area contributed by atoms with Crippen molar-refractivity contribution >= 4 is 0 Å². The quantitative estimate of drug-likeness (QED) is 0.328. The van der Waals surface area contributed by atoms with Crippen molar-refractivity contribution < 1.29 is 0 Å². The molecule has 0 heterocycles. The maximum atomic E-state index is 8.27. The van der Waals surface area contributed by atoms with Gasteiger partial charge in [-0.1, -0.05) is 41.5 Å². The zero-order valence-corrected chi connectivity index (χ0v) is 8.50. The summed E-state index contributed by atoms with van der Waals surface area (Å²) in [5.74, 6) is 0. The molecular weight excluding hydrogens is 188 g/mol. The van der Waals surface area contributed by atoms with Crippen LogP contribution in [0.1, 0.15) is 5.56 Å². The molecule has 0 saturated carbocycles. The van der Waals surface area contributed by atoms with E-state index in [1.807, 2.05) is 30.3 Å². The molecule has 0 spiro atoms. The molecule has 0 amide bonds. The van der Waals surface area contributed by atoms with Crippen molar-refractivity contribution in [3.05, 3.63) is 59.0 Å². The van der Waals surface area contributed by atoms with Crippen molar-refractivity contribution in [3.8, 4) is 0 Å². The number of benzene rings is 1. The minimum absolute atomic E-state index is 0.182. The third kappa shape index (κ3) is 4.31. The van der Waals surface area contributed by atoms with Crippen LogP contribution in [0.4, 0.5) is 0 Å². The van der Waals surface area contributed by atoms with Crippen LogP contribution in [0.3, 0.4) is 0 Å². The molecule has 1 N–H and O–H groups in total. The Morgan fingerprint density at radius 1 is 1.47 bits per heavy atom. The zero-order chi connectivity index (χ0) is 10.9. The molecule has 0 aliphatic heterocycles.